The molecule has 84 valence electrons. The van der Waals surface area contributed by atoms with Gasteiger partial charge in [-0.15, -0.1) is 0 Å². The third-order valence-electron chi connectivity index (χ3n) is 2.97. The monoisotopic (exact) mass is 208 g/mol. The Hall–Kier alpha value is -0.870. The molecular formula is C11H20N4. The third-order valence-corrected chi connectivity index (χ3v) is 2.97. The quantitative estimate of drug-likeness (QED) is 0.790. The van der Waals surface area contributed by atoms with Gasteiger partial charge >= 0.3 is 0 Å². The van der Waals surface area contributed by atoms with E-state index in [4.69, 9.17) is 0 Å². The van der Waals surface area contributed by atoms with Gasteiger partial charge in [-0.3, -0.25) is 4.68 Å². The van der Waals surface area contributed by atoms with Gasteiger partial charge in [-0.2, -0.15) is 5.10 Å². The van der Waals surface area contributed by atoms with Crippen molar-refractivity contribution in [1.29, 1.82) is 0 Å². The molecule has 2 rings (SSSR count). The normalized spacial score (nSPS) is 23.2. The lowest BCUT2D eigenvalue weighted by molar-refractivity contribution is 0.226. The van der Waals surface area contributed by atoms with Crippen LogP contribution in [0.3, 0.4) is 0 Å². The van der Waals surface area contributed by atoms with Crippen molar-refractivity contribution in [3.8, 4) is 0 Å². The minimum Gasteiger partial charge on any atom is -0.307 e. The van der Waals surface area contributed by atoms with Crippen LogP contribution in [0.1, 0.15) is 18.5 Å². The average Bonchev–Trinajstić information content (AvgIpc) is 2.62. The van der Waals surface area contributed by atoms with Crippen LogP contribution in [0.4, 0.5) is 0 Å². The van der Waals surface area contributed by atoms with Crippen molar-refractivity contribution < 1.29 is 0 Å². The molecule has 2 heterocycles. The van der Waals surface area contributed by atoms with Crippen molar-refractivity contribution in [2.45, 2.75) is 25.4 Å². The number of hydrogen-bond donors (Lipinski definition) is 1. The molecule has 0 amide bonds. The molecule has 0 spiro atoms. The van der Waals surface area contributed by atoms with E-state index in [0.29, 0.717) is 6.04 Å². The largest absolute Gasteiger partial charge is 0.307 e. The van der Waals surface area contributed by atoms with Gasteiger partial charge in [0.25, 0.3) is 0 Å². The summed E-state index contributed by atoms with van der Waals surface area (Å²) in [5.74, 6) is 0. The highest BCUT2D eigenvalue weighted by molar-refractivity contribution is 4.98. The highest BCUT2D eigenvalue weighted by Crippen LogP contribution is 2.08. The van der Waals surface area contributed by atoms with Crippen molar-refractivity contribution >= 4 is 0 Å². The van der Waals surface area contributed by atoms with E-state index in [1.54, 1.807) is 0 Å². The molecule has 0 aromatic carbocycles. The van der Waals surface area contributed by atoms with Gasteiger partial charge in [-0.25, -0.2) is 0 Å². The van der Waals surface area contributed by atoms with E-state index in [-0.39, 0.29) is 0 Å². The predicted octanol–water partition coefficient (Wildman–Crippen LogP) is 0.604. The van der Waals surface area contributed by atoms with Crippen molar-refractivity contribution in [3.63, 3.8) is 0 Å². The molecule has 1 aliphatic rings. The van der Waals surface area contributed by atoms with Crippen molar-refractivity contribution in [2.24, 2.45) is 7.05 Å². The predicted molar refractivity (Wildman–Crippen MR) is 60.6 cm³/mol. The Morgan fingerprint density at radius 2 is 2.40 bits per heavy atom. The number of likely N-dealkylation sites (tertiary alicyclic amines) is 1. The molecule has 1 saturated heterocycles. The van der Waals surface area contributed by atoms with Gasteiger partial charge in [-0.1, -0.05) is 0 Å². The van der Waals surface area contributed by atoms with Gasteiger partial charge < -0.3 is 10.2 Å². The Kier molecular flexibility index (Phi) is 3.38. The van der Waals surface area contributed by atoms with Crippen molar-refractivity contribution in [2.75, 3.05) is 20.1 Å². The van der Waals surface area contributed by atoms with Gasteiger partial charge in [0.05, 0.1) is 5.69 Å². The Labute approximate surface area is 91.3 Å². The average molecular weight is 208 g/mol. The zero-order chi connectivity index (χ0) is 10.7. The van der Waals surface area contributed by atoms with E-state index in [2.05, 4.69) is 28.4 Å². The van der Waals surface area contributed by atoms with Crippen LogP contribution in [-0.2, 0) is 13.6 Å². The molecule has 1 unspecified atom stereocenters. The van der Waals surface area contributed by atoms with Gasteiger partial charge in [0.15, 0.2) is 0 Å². The molecule has 1 N–H and O–H groups in total. The molecule has 0 saturated carbocycles. The van der Waals surface area contributed by atoms with Crippen LogP contribution in [-0.4, -0.2) is 40.9 Å². The lowest BCUT2D eigenvalue weighted by atomic mass is 10.1. The van der Waals surface area contributed by atoms with Gasteiger partial charge in [0.2, 0.25) is 0 Å². The molecule has 0 radical (unpaired) electrons. The van der Waals surface area contributed by atoms with Crippen molar-refractivity contribution in [3.05, 3.63) is 18.0 Å². The van der Waals surface area contributed by atoms with E-state index < -0.39 is 0 Å². The summed E-state index contributed by atoms with van der Waals surface area (Å²) in [5.41, 5.74) is 1.13. The minimum atomic E-state index is 0.630. The number of aryl methyl sites for hydroxylation is 1. The van der Waals surface area contributed by atoms with Crippen LogP contribution in [0.2, 0.25) is 0 Å². The molecule has 1 aliphatic heterocycles. The summed E-state index contributed by atoms with van der Waals surface area (Å²) < 4.78 is 1.85. The van der Waals surface area contributed by atoms with Gasteiger partial charge in [0.1, 0.15) is 0 Å². The lowest BCUT2D eigenvalue weighted by Crippen LogP contribution is -2.43. The van der Waals surface area contributed by atoms with Crippen LogP contribution in [0.25, 0.3) is 0 Å². The highest BCUT2D eigenvalue weighted by atomic mass is 15.3. The third kappa shape index (κ3) is 3.04. The van der Waals surface area contributed by atoms with Gasteiger partial charge in [-0.05, 0) is 32.5 Å². The molecule has 0 bridgehead atoms. The summed E-state index contributed by atoms with van der Waals surface area (Å²) in [4.78, 5) is 2.39. The minimum absolute atomic E-state index is 0.630. The number of likely N-dealkylation sites (N-methyl/N-ethyl adjacent to an activating group) is 1. The first-order chi connectivity index (χ1) is 7.24. The van der Waals surface area contributed by atoms with E-state index >= 15 is 0 Å². The fourth-order valence-corrected chi connectivity index (χ4v) is 2.14. The van der Waals surface area contributed by atoms with E-state index in [1.807, 2.05) is 17.9 Å². The van der Waals surface area contributed by atoms with Crippen LogP contribution in [0, 0.1) is 0 Å². The molecule has 0 aliphatic carbocycles. The zero-order valence-corrected chi connectivity index (χ0v) is 9.61. The Balaban J connectivity index is 1.77. The first-order valence-corrected chi connectivity index (χ1v) is 5.64. The zero-order valence-electron chi connectivity index (χ0n) is 9.61. The molecular weight excluding hydrogens is 188 g/mol. The smallest absolute Gasteiger partial charge is 0.0762 e. The van der Waals surface area contributed by atoms with Crippen LogP contribution in [0.15, 0.2) is 12.3 Å². The van der Waals surface area contributed by atoms with Crippen molar-refractivity contribution in [1.82, 2.24) is 20.0 Å². The fourth-order valence-electron chi connectivity index (χ4n) is 2.14. The number of piperidine rings is 1. The standard InChI is InChI=1S/C11H20N4/c1-14-6-3-4-11(9-14)12-8-10-5-7-15(2)13-10/h5,7,11-12H,3-4,6,8-9H2,1-2H3. The molecule has 1 aromatic rings. The molecule has 15 heavy (non-hydrogen) atoms. The van der Waals surface area contributed by atoms with E-state index in [0.717, 1.165) is 18.8 Å². The summed E-state index contributed by atoms with van der Waals surface area (Å²) in [6.45, 7) is 3.29. The van der Waals surface area contributed by atoms with Crippen LogP contribution >= 0.6 is 0 Å². The summed E-state index contributed by atoms with van der Waals surface area (Å²) in [5, 5.41) is 7.92. The summed E-state index contributed by atoms with van der Waals surface area (Å²) in [7, 11) is 4.15. The topological polar surface area (TPSA) is 33.1 Å². The highest BCUT2D eigenvalue weighted by Gasteiger charge is 2.16. The van der Waals surface area contributed by atoms with Crippen LogP contribution < -0.4 is 5.32 Å². The number of aromatic nitrogens is 2. The molecule has 1 atom stereocenters. The summed E-state index contributed by atoms with van der Waals surface area (Å²) in [6.07, 6.45) is 4.58. The lowest BCUT2D eigenvalue weighted by Gasteiger charge is -2.30. The Bertz CT molecular complexity index is 307. The second-order valence-electron chi connectivity index (χ2n) is 4.46. The number of nitrogens with one attached hydrogen (secondary N) is 1. The SMILES string of the molecule is CN1CCCC(NCc2ccn(C)n2)C1. The maximum Gasteiger partial charge on any atom is 0.0762 e. The second kappa shape index (κ2) is 4.77. The Morgan fingerprint density at radius 1 is 1.53 bits per heavy atom. The maximum atomic E-state index is 4.35. The number of rotatable bonds is 3. The maximum absolute atomic E-state index is 4.35. The number of nitrogens with zero attached hydrogens (tertiary/aromatic N) is 3. The fraction of sp³-hybridized carbons (Fsp3) is 0.727. The first-order valence-electron chi connectivity index (χ1n) is 5.64. The molecule has 4 nitrogen and oxygen atoms in total. The van der Waals surface area contributed by atoms with E-state index in [9.17, 15) is 0 Å². The summed E-state index contributed by atoms with van der Waals surface area (Å²) in [6, 6.07) is 2.70. The van der Waals surface area contributed by atoms with Gasteiger partial charge in [0, 0.05) is 32.4 Å². The first kappa shape index (κ1) is 10.6. The second-order valence-corrected chi connectivity index (χ2v) is 4.46. The molecule has 1 fully saturated rings. The molecule has 1 aromatic heterocycles. The summed E-state index contributed by atoms with van der Waals surface area (Å²) >= 11 is 0. The number of hydrogen-bond acceptors (Lipinski definition) is 3. The van der Waals surface area contributed by atoms with E-state index in [1.165, 1.54) is 19.4 Å². The van der Waals surface area contributed by atoms with Crippen LogP contribution in [0.5, 0.6) is 0 Å². The Morgan fingerprint density at radius 3 is 3.07 bits per heavy atom. The molecule has 4 heteroatoms.